The van der Waals surface area contributed by atoms with Gasteiger partial charge in [0, 0.05) is 12.6 Å². The summed E-state index contributed by atoms with van der Waals surface area (Å²) >= 11 is 0. The van der Waals surface area contributed by atoms with Gasteiger partial charge in [0.2, 0.25) is 5.91 Å². The zero-order valence-electron chi connectivity index (χ0n) is 11.2. The first-order valence-corrected chi connectivity index (χ1v) is 6.70. The van der Waals surface area contributed by atoms with Crippen molar-refractivity contribution in [2.75, 3.05) is 13.2 Å². The molecule has 0 spiro atoms. The number of nitrogens with two attached hydrogens (primary N) is 1. The van der Waals surface area contributed by atoms with Crippen LogP contribution in [0.15, 0.2) is 18.2 Å². The summed E-state index contributed by atoms with van der Waals surface area (Å²) in [4.78, 5) is 13.9. The van der Waals surface area contributed by atoms with Crippen molar-refractivity contribution in [2.24, 2.45) is 5.73 Å². The van der Waals surface area contributed by atoms with E-state index in [1.54, 1.807) is 11.0 Å². The molecule has 0 saturated heterocycles. The summed E-state index contributed by atoms with van der Waals surface area (Å²) in [5.74, 6) is -0.612. The van der Waals surface area contributed by atoms with Gasteiger partial charge >= 0.3 is 0 Å². The molecule has 0 radical (unpaired) electrons. The average molecular weight is 280 g/mol. The van der Waals surface area contributed by atoms with Gasteiger partial charge in [0.15, 0.2) is 11.5 Å². The van der Waals surface area contributed by atoms with E-state index in [2.05, 4.69) is 0 Å². The standard InChI is InChI=1S/C14H20N2O4/c15-11(7-9-1-4-12(18)13(19)8-9)14(20)16(5-6-17)10-2-3-10/h1,4,8,10-11,17-19H,2-3,5-7,15H2/t11-/m0/s1. The van der Waals surface area contributed by atoms with E-state index in [4.69, 9.17) is 10.8 Å². The Morgan fingerprint density at radius 2 is 2.05 bits per heavy atom. The summed E-state index contributed by atoms with van der Waals surface area (Å²) < 4.78 is 0. The Labute approximate surface area is 117 Å². The Balaban J connectivity index is 2.00. The molecule has 5 N–H and O–H groups in total. The molecule has 6 nitrogen and oxygen atoms in total. The Bertz CT molecular complexity index is 488. The maximum Gasteiger partial charge on any atom is 0.240 e. The fourth-order valence-electron chi connectivity index (χ4n) is 2.22. The second kappa shape index (κ2) is 6.11. The predicted octanol–water partition coefficient (Wildman–Crippen LogP) is -0.0491. The number of amides is 1. The van der Waals surface area contributed by atoms with Crippen molar-refractivity contribution in [3.63, 3.8) is 0 Å². The fourth-order valence-corrected chi connectivity index (χ4v) is 2.22. The number of rotatable bonds is 6. The topological polar surface area (TPSA) is 107 Å². The second-order valence-electron chi connectivity index (χ2n) is 5.12. The van der Waals surface area contributed by atoms with E-state index < -0.39 is 6.04 Å². The number of phenolic OH excluding ortho intramolecular Hbond substituents is 2. The molecule has 20 heavy (non-hydrogen) atoms. The normalized spacial score (nSPS) is 15.9. The number of aromatic hydroxyl groups is 2. The molecule has 1 aromatic rings. The van der Waals surface area contributed by atoms with Crippen LogP contribution in [0.4, 0.5) is 0 Å². The first-order valence-electron chi connectivity index (χ1n) is 6.70. The van der Waals surface area contributed by atoms with E-state index in [0.29, 0.717) is 12.1 Å². The van der Waals surface area contributed by atoms with Crippen LogP contribution in [0, 0.1) is 0 Å². The van der Waals surface area contributed by atoms with Crippen molar-refractivity contribution in [3.8, 4) is 11.5 Å². The molecule has 1 atom stereocenters. The monoisotopic (exact) mass is 280 g/mol. The number of hydrogen-bond donors (Lipinski definition) is 4. The summed E-state index contributed by atoms with van der Waals surface area (Å²) in [6.45, 7) is 0.229. The van der Waals surface area contributed by atoms with E-state index in [-0.39, 0.29) is 36.5 Å². The summed E-state index contributed by atoms with van der Waals surface area (Å²) in [6.07, 6.45) is 2.19. The molecule has 0 aromatic heterocycles. The molecule has 0 heterocycles. The fraction of sp³-hybridized carbons (Fsp3) is 0.500. The highest BCUT2D eigenvalue weighted by Gasteiger charge is 2.34. The van der Waals surface area contributed by atoms with Gasteiger partial charge in [0.05, 0.1) is 12.6 Å². The van der Waals surface area contributed by atoms with Crippen LogP contribution < -0.4 is 5.73 Å². The lowest BCUT2D eigenvalue weighted by Gasteiger charge is -2.25. The molecule has 110 valence electrons. The minimum atomic E-state index is -0.717. The molecule has 1 saturated carbocycles. The maximum atomic E-state index is 12.2. The average Bonchev–Trinajstić information content (AvgIpc) is 3.24. The molecule has 1 amide bonds. The van der Waals surface area contributed by atoms with E-state index in [1.807, 2.05) is 0 Å². The van der Waals surface area contributed by atoms with E-state index in [9.17, 15) is 15.0 Å². The largest absolute Gasteiger partial charge is 0.504 e. The summed E-state index contributed by atoms with van der Waals surface area (Å²) in [5.41, 5.74) is 6.60. The third-order valence-corrected chi connectivity index (χ3v) is 3.42. The number of carbonyl (C=O) groups is 1. The lowest BCUT2D eigenvalue weighted by Crippen LogP contribution is -2.47. The van der Waals surface area contributed by atoms with Crippen LogP contribution in [0.25, 0.3) is 0 Å². The molecule has 2 rings (SSSR count). The molecule has 0 aliphatic heterocycles. The van der Waals surface area contributed by atoms with Gasteiger partial charge in [0.1, 0.15) is 0 Å². The highest BCUT2D eigenvalue weighted by Crippen LogP contribution is 2.28. The number of phenols is 2. The van der Waals surface area contributed by atoms with Gasteiger partial charge in [-0.3, -0.25) is 4.79 Å². The molecule has 0 unspecified atom stereocenters. The van der Waals surface area contributed by atoms with E-state index in [0.717, 1.165) is 12.8 Å². The van der Waals surface area contributed by atoms with Crippen molar-refractivity contribution in [3.05, 3.63) is 23.8 Å². The third kappa shape index (κ3) is 3.40. The minimum absolute atomic E-state index is 0.0744. The zero-order valence-corrected chi connectivity index (χ0v) is 11.2. The second-order valence-corrected chi connectivity index (χ2v) is 5.12. The van der Waals surface area contributed by atoms with Crippen molar-refractivity contribution < 1.29 is 20.1 Å². The van der Waals surface area contributed by atoms with Crippen molar-refractivity contribution in [1.29, 1.82) is 0 Å². The van der Waals surface area contributed by atoms with Crippen LogP contribution in [0.1, 0.15) is 18.4 Å². The Morgan fingerprint density at radius 3 is 2.60 bits per heavy atom. The number of benzene rings is 1. The smallest absolute Gasteiger partial charge is 0.240 e. The predicted molar refractivity (Wildman–Crippen MR) is 73.3 cm³/mol. The summed E-state index contributed by atoms with van der Waals surface area (Å²) in [6, 6.07) is 3.87. The first-order chi connectivity index (χ1) is 9.52. The first kappa shape index (κ1) is 14.6. The van der Waals surface area contributed by atoms with Gasteiger partial charge in [-0.15, -0.1) is 0 Å². The maximum absolute atomic E-state index is 12.2. The van der Waals surface area contributed by atoms with Crippen LogP contribution >= 0.6 is 0 Å². The lowest BCUT2D eigenvalue weighted by atomic mass is 10.0. The SMILES string of the molecule is N[C@@H](Cc1ccc(O)c(O)c1)C(=O)N(CCO)C1CC1. The van der Waals surface area contributed by atoms with Crippen LogP contribution in [0.2, 0.25) is 0 Å². The molecular weight excluding hydrogens is 260 g/mol. The molecular formula is C14H20N2O4. The number of aliphatic hydroxyl groups is 1. The van der Waals surface area contributed by atoms with Crippen LogP contribution in [0.5, 0.6) is 11.5 Å². The number of nitrogens with zero attached hydrogens (tertiary/aromatic N) is 1. The highest BCUT2D eigenvalue weighted by molar-refractivity contribution is 5.82. The van der Waals surface area contributed by atoms with E-state index in [1.165, 1.54) is 12.1 Å². The molecule has 6 heteroatoms. The van der Waals surface area contributed by atoms with Gasteiger partial charge in [-0.05, 0) is 37.0 Å². The van der Waals surface area contributed by atoms with Gasteiger partial charge in [-0.2, -0.15) is 0 Å². The van der Waals surface area contributed by atoms with Gasteiger partial charge < -0.3 is 26.0 Å². The molecule has 1 aliphatic rings. The molecule has 1 aliphatic carbocycles. The Hall–Kier alpha value is -1.79. The van der Waals surface area contributed by atoms with E-state index >= 15 is 0 Å². The zero-order chi connectivity index (χ0) is 14.7. The van der Waals surface area contributed by atoms with Gasteiger partial charge in [0.25, 0.3) is 0 Å². The van der Waals surface area contributed by atoms with Crippen LogP contribution in [0.3, 0.4) is 0 Å². The number of hydrogen-bond acceptors (Lipinski definition) is 5. The Kier molecular flexibility index (Phi) is 4.46. The Morgan fingerprint density at radius 1 is 1.35 bits per heavy atom. The summed E-state index contributed by atoms with van der Waals surface area (Å²) in [5, 5.41) is 27.7. The quantitative estimate of drug-likeness (QED) is 0.547. The molecule has 1 fully saturated rings. The van der Waals surface area contributed by atoms with Gasteiger partial charge in [-0.1, -0.05) is 6.07 Å². The van der Waals surface area contributed by atoms with Gasteiger partial charge in [-0.25, -0.2) is 0 Å². The number of aliphatic hydroxyl groups excluding tert-OH is 1. The van der Waals surface area contributed by atoms with Crippen molar-refractivity contribution in [1.82, 2.24) is 4.90 Å². The minimum Gasteiger partial charge on any atom is -0.504 e. The summed E-state index contributed by atoms with van der Waals surface area (Å²) in [7, 11) is 0. The van der Waals surface area contributed by atoms with Crippen LogP contribution in [-0.2, 0) is 11.2 Å². The molecule has 0 bridgehead atoms. The number of carbonyl (C=O) groups excluding carboxylic acids is 1. The lowest BCUT2D eigenvalue weighted by molar-refractivity contribution is -0.133. The van der Waals surface area contributed by atoms with Crippen molar-refractivity contribution >= 4 is 5.91 Å². The highest BCUT2D eigenvalue weighted by atomic mass is 16.3. The van der Waals surface area contributed by atoms with Crippen LogP contribution in [-0.4, -0.2) is 51.4 Å². The molecule has 1 aromatic carbocycles. The van der Waals surface area contributed by atoms with Crippen molar-refractivity contribution in [2.45, 2.75) is 31.3 Å². The third-order valence-electron chi connectivity index (χ3n) is 3.42.